The van der Waals surface area contributed by atoms with Gasteiger partial charge in [-0.3, -0.25) is 4.79 Å². The van der Waals surface area contributed by atoms with Crippen LogP contribution in [-0.2, 0) is 22.7 Å². The van der Waals surface area contributed by atoms with E-state index in [1.54, 1.807) is 16.5 Å². The van der Waals surface area contributed by atoms with E-state index in [-0.39, 0.29) is 18.4 Å². The number of likely N-dealkylation sites (tertiary alicyclic amines) is 1. The highest BCUT2D eigenvalue weighted by Gasteiger charge is 2.30. The van der Waals surface area contributed by atoms with Crippen LogP contribution in [0.2, 0.25) is 5.15 Å². The number of aliphatic hydroxyl groups is 1. The normalized spacial score (nSPS) is 18.8. The van der Waals surface area contributed by atoms with Crippen molar-refractivity contribution in [2.45, 2.75) is 26.0 Å². The third-order valence-electron chi connectivity index (χ3n) is 3.73. The molecule has 1 unspecified atom stereocenters. The number of imidazole rings is 1. The highest BCUT2D eigenvalue weighted by Crippen LogP contribution is 2.27. The summed E-state index contributed by atoms with van der Waals surface area (Å²) in [6.07, 6.45) is 1.12. The Bertz CT molecular complexity index is 686. The molecule has 2 aromatic heterocycles. The van der Waals surface area contributed by atoms with Crippen molar-refractivity contribution in [1.29, 1.82) is 0 Å². The van der Waals surface area contributed by atoms with Crippen LogP contribution < -0.4 is 0 Å². The molecule has 2 aromatic rings. The van der Waals surface area contributed by atoms with Gasteiger partial charge in [0.25, 0.3) is 0 Å². The van der Waals surface area contributed by atoms with E-state index in [1.165, 1.54) is 11.3 Å². The molecule has 3 rings (SSSR count). The van der Waals surface area contributed by atoms with Gasteiger partial charge in [0.1, 0.15) is 10.7 Å². The van der Waals surface area contributed by atoms with Gasteiger partial charge in [-0.2, -0.15) is 5.10 Å². The van der Waals surface area contributed by atoms with Gasteiger partial charge in [-0.25, -0.2) is 9.50 Å². The number of aliphatic hydroxyl groups excluding tert-OH is 1. The van der Waals surface area contributed by atoms with E-state index in [1.807, 2.05) is 0 Å². The summed E-state index contributed by atoms with van der Waals surface area (Å²) >= 11 is 7.61. The number of carbonyl (C=O) groups excluding carboxylic acids is 1. The van der Waals surface area contributed by atoms with Crippen molar-refractivity contribution in [1.82, 2.24) is 19.5 Å². The molecule has 0 aromatic carbocycles. The molecule has 1 amide bonds. The van der Waals surface area contributed by atoms with Gasteiger partial charge in [-0.05, 0) is 12.3 Å². The molecule has 0 aliphatic carbocycles. The summed E-state index contributed by atoms with van der Waals surface area (Å²) in [7, 11) is 1.61. The lowest BCUT2D eigenvalue weighted by molar-refractivity contribution is -0.128. The predicted molar refractivity (Wildman–Crippen MR) is 81.8 cm³/mol. The van der Waals surface area contributed by atoms with Gasteiger partial charge in [0.15, 0.2) is 5.15 Å². The fourth-order valence-corrected chi connectivity index (χ4v) is 3.84. The summed E-state index contributed by atoms with van der Waals surface area (Å²) in [5.41, 5.74) is 0.716. The van der Waals surface area contributed by atoms with Gasteiger partial charge in [-0.1, -0.05) is 22.9 Å². The number of amides is 1. The van der Waals surface area contributed by atoms with E-state index >= 15 is 0 Å². The van der Waals surface area contributed by atoms with E-state index in [9.17, 15) is 4.79 Å². The molecule has 120 valence electrons. The van der Waals surface area contributed by atoms with Crippen LogP contribution in [0, 0.1) is 5.92 Å². The van der Waals surface area contributed by atoms with Crippen LogP contribution in [0.5, 0.6) is 0 Å². The zero-order valence-electron chi connectivity index (χ0n) is 12.2. The summed E-state index contributed by atoms with van der Waals surface area (Å²) in [4.78, 5) is 18.8. The first-order valence-corrected chi connectivity index (χ1v) is 8.22. The topological polar surface area (TPSA) is 80.0 Å². The number of fused-ring (bicyclic) bond motifs is 1. The highest BCUT2D eigenvalue weighted by atomic mass is 35.5. The lowest BCUT2D eigenvalue weighted by Crippen LogP contribution is -2.25. The molecule has 1 aliphatic rings. The fourth-order valence-electron chi connectivity index (χ4n) is 2.68. The van der Waals surface area contributed by atoms with E-state index in [4.69, 9.17) is 21.4 Å². The number of methoxy groups -OCH3 is 1. The Morgan fingerprint density at radius 2 is 2.36 bits per heavy atom. The number of hydrogen-bond acceptors (Lipinski definition) is 6. The number of carbonyl (C=O) groups is 1. The molecule has 9 heteroatoms. The van der Waals surface area contributed by atoms with Gasteiger partial charge < -0.3 is 14.7 Å². The third-order valence-corrected chi connectivity index (χ3v) is 4.91. The largest absolute Gasteiger partial charge is 0.396 e. The van der Waals surface area contributed by atoms with Gasteiger partial charge >= 0.3 is 0 Å². The van der Waals surface area contributed by atoms with Gasteiger partial charge in [0.05, 0.1) is 13.2 Å². The first-order chi connectivity index (χ1) is 10.6. The van der Waals surface area contributed by atoms with Crippen molar-refractivity contribution in [3.8, 4) is 0 Å². The minimum atomic E-state index is 0.0804. The molecule has 3 heterocycles. The summed E-state index contributed by atoms with van der Waals surface area (Å²) in [6, 6.07) is 0. The first kappa shape index (κ1) is 15.7. The number of aromatic nitrogens is 3. The number of ether oxygens (including phenoxy) is 1. The van der Waals surface area contributed by atoms with Crippen LogP contribution in [-0.4, -0.2) is 50.8 Å². The Hall–Kier alpha value is -1.22. The Kier molecular flexibility index (Phi) is 4.62. The number of nitrogens with zero attached hydrogens (tertiary/aromatic N) is 4. The Morgan fingerprint density at radius 3 is 3.09 bits per heavy atom. The van der Waals surface area contributed by atoms with Crippen LogP contribution in [0.4, 0.5) is 0 Å². The van der Waals surface area contributed by atoms with Crippen LogP contribution in [0.1, 0.15) is 23.5 Å². The Balaban J connectivity index is 1.81. The maximum absolute atomic E-state index is 12.1. The minimum absolute atomic E-state index is 0.0804. The second-order valence-corrected chi connectivity index (χ2v) is 6.73. The van der Waals surface area contributed by atoms with Crippen molar-refractivity contribution in [2.24, 2.45) is 5.92 Å². The summed E-state index contributed by atoms with van der Waals surface area (Å²) in [6.45, 7) is 1.55. The molecule has 1 fully saturated rings. The minimum Gasteiger partial charge on any atom is -0.396 e. The summed E-state index contributed by atoms with van der Waals surface area (Å²) in [5, 5.41) is 14.6. The molecule has 1 atom stereocenters. The zero-order valence-corrected chi connectivity index (χ0v) is 13.7. The third kappa shape index (κ3) is 2.96. The molecule has 0 radical (unpaired) electrons. The van der Waals surface area contributed by atoms with E-state index in [0.29, 0.717) is 48.3 Å². The number of rotatable bonds is 6. The highest BCUT2D eigenvalue weighted by molar-refractivity contribution is 7.16. The van der Waals surface area contributed by atoms with E-state index in [0.717, 1.165) is 5.01 Å². The molecule has 0 saturated carbocycles. The van der Waals surface area contributed by atoms with Crippen molar-refractivity contribution in [3.05, 3.63) is 15.9 Å². The molecule has 1 N–H and O–H groups in total. The van der Waals surface area contributed by atoms with Crippen molar-refractivity contribution < 1.29 is 14.6 Å². The average molecular weight is 345 g/mol. The van der Waals surface area contributed by atoms with Crippen molar-refractivity contribution in [3.63, 3.8) is 0 Å². The Morgan fingerprint density at radius 1 is 1.55 bits per heavy atom. The molecular weight excluding hydrogens is 328 g/mol. The summed E-state index contributed by atoms with van der Waals surface area (Å²) < 4.78 is 6.76. The quantitative estimate of drug-likeness (QED) is 0.855. The van der Waals surface area contributed by atoms with Crippen molar-refractivity contribution in [2.75, 3.05) is 20.3 Å². The monoisotopic (exact) mass is 344 g/mol. The van der Waals surface area contributed by atoms with Crippen LogP contribution in [0.15, 0.2) is 0 Å². The zero-order chi connectivity index (χ0) is 15.7. The molecule has 0 spiro atoms. The second-order valence-electron chi connectivity index (χ2n) is 5.33. The molecule has 0 bridgehead atoms. The average Bonchev–Trinajstić information content (AvgIpc) is 3.08. The lowest BCUT2D eigenvalue weighted by atomic mass is 10.1. The molecule has 1 saturated heterocycles. The maximum Gasteiger partial charge on any atom is 0.223 e. The standard InChI is InChI=1S/C13H17ClN4O3S/c1-21-7-10-16-18-9(12(14)15-13(18)22-10)6-17-5-8(2-3-19)4-11(17)20/h8,19H,2-7H2,1H3. The summed E-state index contributed by atoms with van der Waals surface area (Å²) in [5.74, 6) is 0.288. The maximum atomic E-state index is 12.1. The van der Waals surface area contributed by atoms with Gasteiger partial charge in [0, 0.05) is 26.7 Å². The van der Waals surface area contributed by atoms with E-state index in [2.05, 4.69) is 10.1 Å². The number of halogens is 1. The lowest BCUT2D eigenvalue weighted by Gasteiger charge is -2.15. The second kappa shape index (κ2) is 6.49. The van der Waals surface area contributed by atoms with Crippen LogP contribution in [0.25, 0.3) is 4.96 Å². The van der Waals surface area contributed by atoms with Gasteiger partial charge in [-0.15, -0.1) is 0 Å². The smallest absolute Gasteiger partial charge is 0.223 e. The van der Waals surface area contributed by atoms with Crippen LogP contribution in [0.3, 0.4) is 0 Å². The predicted octanol–water partition coefficient (Wildman–Crippen LogP) is 1.32. The Labute approximate surface area is 136 Å². The SMILES string of the molecule is COCc1nn2c(CN3CC(CCO)CC3=O)c(Cl)nc2s1. The van der Waals surface area contributed by atoms with Crippen LogP contribution >= 0.6 is 22.9 Å². The molecule has 7 nitrogen and oxygen atoms in total. The first-order valence-electron chi connectivity index (χ1n) is 7.02. The molecular formula is C13H17ClN4O3S. The van der Waals surface area contributed by atoms with E-state index < -0.39 is 0 Å². The van der Waals surface area contributed by atoms with Crippen molar-refractivity contribution >= 4 is 33.8 Å². The number of hydrogen-bond donors (Lipinski definition) is 1. The van der Waals surface area contributed by atoms with Gasteiger partial charge in [0.2, 0.25) is 10.9 Å². The fraction of sp³-hybridized carbons (Fsp3) is 0.615. The molecule has 22 heavy (non-hydrogen) atoms. The molecule has 1 aliphatic heterocycles.